The second-order valence-corrected chi connectivity index (χ2v) is 3.52. The molecule has 0 amide bonds. The molecule has 3 heteroatoms. The minimum atomic E-state index is 0.275. The van der Waals surface area contributed by atoms with Gasteiger partial charge < -0.3 is 16.2 Å². The molecule has 0 spiro atoms. The number of rotatable bonds is 2. The summed E-state index contributed by atoms with van der Waals surface area (Å²) in [4.78, 5) is 0. The Morgan fingerprint density at radius 2 is 2.00 bits per heavy atom. The molecule has 4 N–H and O–H groups in total. The molecule has 1 aromatic rings. The van der Waals surface area contributed by atoms with E-state index in [-0.39, 0.29) is 5.75 Å². The number of aryl methyl sites for hydroxylation is 1. The van der Waals surface area contributed by atoms with E-state index in [0.717, 1.165) is 11.3 Å². The number of hydrogen-bond acceptors (Lipinski definition) is 3. The van der Waals surface area contributed by atoms with Crippen molar-refractivity contribution in [3.63, 3.8) is 0 Å². The van der Waals surface area contributed by atoms with Crippen LogP contribution < -0.4 is 11.1 Å². The van der Waals surface area contributed by atoms with Gasteiger partial charge in [-0.1, -0.05) is 0 Å². The molecule has 0 aliphatic heterocycles. The first-order valence-corrected chi connectivity index (χ1v) is 4.36. The van der Waals surface area contributed by atoms with Gasteiger partial charge in [-0.3, -0.25) is 0 Å². The van der Waals surface area contributed by atoms with E-state index in [1.807, 2.05) is 20.8 Å². The van der Waals surface area contributed by atoms with E-state index in [1.54, 1.807) is 12.1 Å². The number of phenolic OH excluding ortho intramolecular Hbond substituents is 1. The van der Waals surface area contributed by atoms with E-state index in [0.29, 0.717) is 11.7 Å². The van der Waals surface area contributed by atoms with Crippen LogP contribution in [0.2, 0.25) is 0 Å². The predicted octanol–water partition coefficient (Wildman–Crippen LogP) is 2.10. The third-order valence-corrected chi connectivity index (χ3v) is 1.81. The van der Waals surface area contributed by atoms with Crippen LogP contribution in [0, 0.1) is 6.92 Å². The van der Waals surface area contributed by atoms with E-state index in [1.165, 1.54) is 0 Å². The maximum Gasteiger partial charge on any atom is 0.120 e. The van der Waals surface area contributed by atoms with Crippen molar-refractivity contribution < 1.29 is 5.11 Å². The molecule has 1 rings (SSSR count). The van der Waals surface area contributed by atoms with Crippen molar-refractivity contribution in [1.82, 2.24) is 0 Å². The molecule has 0 unspecified atom stereocenters. The number of phenols is 1. The SMILES string of the molecule is Cc1cc(N)c(NC(C)C)cc1O. The minimum absolute atomic E-state index is 0.275. The summed E-state index contributed by atoms with van der Waals surface area (Å²) in [6.07, 6.45) is 0. The van der Waals surface area contributed by atoms with E-state index in [2.05, 4.69) is 5.32 Å². The van der Waals surface area contributed by atoms with Crippen LogP contribution in [0.4, 0.5) is 11.4 Å². The first-order valence-electron chi connectivity index (χ1n) is 4.36. The highest BCUT2D eigenvalue weighted by molar-refractivity contribution is 5.70. The van der Waals surface area contributed by atoms with Gasteiger partial charge in [-0.05, 0) is 32.4 Å². The number of benzene rings is 1. The molecule has 0 saturated heterocycles. The third kappa shape index (κ3) is 2.28. The Bertz CT molecular complexity index is 308. The van der Waals surface area contributed by atoms with E-state index >= 15 is 0 Å². The summed E-state index contributed by atoms with van der Waals surface area (Å²) in [5.41, 5.74) is 8.02. The molecule has 0 saturated carbocycles. The lowest BCUT2D eigenvalue weighted by Crippen LogP contribution is -2.11. The monoisotopic (exact) mass is 180 g/mol. The maximum atomic E-state index is 9.44. The van der Waals surface area contributed by atoms with Crippen molar-refractivity contribution in [2.75, 3.05) is 11.1 Å². The Morgan fingerprint density at radius 1 is 1.38 bits per heavy atom. The molecule has 0 aromatic heterocycles. The van der Waals surface area contributed by atoms with Crippen molar-refractivity contribution in [2.24, 2.45) is 0 Å². The minimum Gasteiger partial charge on any atom is -0.508 e. The molecule has 72 valence electrons. The molecule has 3 nitrogen and oxygen atoms in total. The molecule has 0 aliphatic rings. The molecule has 0 fully saturated rings. The molecular formula is C10H16N2O. The maximum absolute atomic E-state index is 9.44. The van der Waals surface area contributed by atoms with Crippen LogP contribution in [0.25, 0.3) is 0 Å². The molecule has 0 bridgehead atoms. The van der Waals surface area contributed by atoms with Crippen molar-refractivity contribution in [3.05, 3.63) is 17.7 Å². The van der Waals surface area contributed by atoms with Crippen molar-refractivity contribution >= 4 is 11.4 Å². The first-order chi connectivity index (χ1) is 6.00. The number of nitrogens with two attached hydrogens (primary N) is 1. The van der Waals surface area contributed by atoms with Gasteiger partial charge in [0.1, 0.15) is 5.75 Å². The van der Waals surface area contributed by atoms with Gasteiger partial charge in [0.05, 0.1) is 11.4 Å². The zero-order chi connectivity index (χ0) is 10.0. The number of anilines is 2. The van der Waals surface area contributed by atoms with E-state index in [9.17, 15) is 5.11 Å². The average Bonchev–Trinajstić information content (AvgIpc) is 1.99. The summed E-state index contributed by atoms with van der Waals surface area (Å²) in [7, 11) is 0. The highest BCUT2D eigenvalue weighted by Gasteiger charge is 2.04. The van der Waals surface area contributed by atoms with Crippen molar-refractivity contribution in [2.45, 2.75) is 26.8 Å². The fourth-order valence-electron chi connectivity index (χ4n) is 1.15. The third-order valence-electron chi connectivity index (χ3n) is 1.81. The molecular weight excluding hydrogens is 164 g/mol. The molecule has 0 radical (unpaired) electrons. The van der Waals surface area contributed by atoms with Crippen LogP contribution in [0.5, 0.6) is 5.75 Å². The normalized spacial score (nSPS) is 10.5. The lowest BCUT2D eigenvalue weighted by atomic mass is 10.1. The van der Waals surface area contributed by atoms with Gasteiger partial charge in [-0.25, -0.2) is 0 Å². The summed E-state index contributed by atoms with van der Waals surface area (Å²) < 4.78 is 0. The fraction of sp³-hybridized carbons (Fsp3) is 0.400. The van der Waals surface area contributed by atoms with Crippen LogP contribution >= 0.6 is 0 Å². The van der Waals surface area contributed by atoms with E-state index < -0.39 is 0 Å². The largest absolute Gasteiger partial charge is 0.508 e. The molecule has 0 aliphatic carbocycles. The van der Waals surface area contributed by atoms with Crippen LogP contribution in [-0.2, 0) is 0 Å². The van der Waals surface area contributed by atoms with Crippen LogP contribution in [0.1, 0.15) is 19.4 Å². The molecule has 0 atom stereocenters. The standard InChI is InChI=1S/C10H16N2O/c1-6(2)12-9-5-10(13)7(3)4-8(9)11/h4-6,12-13H,11H2,1-3H3. The Kier molecular flexibility index (Phi) is 2.66. The van der Waals surface area contributed by atoms with Gasteiger partial charge >= 0.3 is 0 Å². The lowest BCUT2D eigenvalue weighted by molar-refractivity contribution is 0.471. The Balaban J connectivity index is 3.01. The topological polar surface area (TPSA) is 58.3 Å². The quantitative estimate of drug-likeness (QED) is 0.482. The fourth-order valence-corrected chi connectivity index (χ4v) is 1.15. The Labute approximate surface area is 78.6 Å². The Morgan fingerprint density at radius 3 is 2.54 bits per heavy atom. The Hall–Kier alpha value is -1.38. The summed E-state index contributed by atoms with van der Waals surface area (Å²) in [5.74, 6) is 0.275. The van der Waals surface area contributed by atoms with Gasteiger partial charge in [0.25, 0.3) is 0 Å². The average molecular weight is 180 g/mol. The second-order valence-electron chi connectivity index (χ2n) is 3.52. The number of nitrogens with one attached hydrogen (secondary N) is 1. The van der Waals surface area contributed by atoms with Crippen molar-refractivity contribution in [3.8, 4) is 5.75 Å². The number of aromatic hydroxyl groups is 1. The number of hydrogen-bond donors (Lipinski definition) is 3. The molecule has 0 heterocycles. The smallest absolute Gasteiger partial charge is 0.120 e. The van der Waals surface area contributed by atoms with Gasteiger partial charge in [-0.2, -0.15) is 0 Å². The van der Waals surface area contributed by atoms with Crippen LogP contribution in [0.15, 0.2) is 12.1 Å². The van der Waals surface area contributed by atoms with Crippen molar-refractivity contribution in [1.29, 1.82) is 0 Å². The van der Waals surface area contributed by atoms with Gasteiger partial charge in [0.2, 0.25) is 0 Å². The summed E-state index contributed by atoms with van der Waals surface area (Å²) in [5, 5.41) is 12.6. The zero-order valence-corrected chi connectivity index (χ0v) is 8.26. The first kappa shape index (κ1) is 9.71. The zero-order valence-electron chi connectivity index (χ0n) is 8.26. The number of nitrogen functional groups attached to an aromatic ring is 1. The van der Waals surface area contributed by atoms with Gasteiger partial charge in [0, 0.05) is 12.1 Å². The predicted molar refractivity (Wildman–Crippen MR) is 56.0 cm³/mol. The van der Waals surface area contributed by atoms with Crippen LogP contribution in [-0.4, -0.2) is 11.1 Å². The second kappa shape index (κ2) is 3.56. The van der Waals surface area contributed by atoms with Gasteiger partial charge in [-0.15, -0.1) is 0 Å². The summed E-state index contributed by atoms with van der Waals surface area (Å²) in [6.45, 7) is 5.87. The highest BCUT2D eigenvalue weighted by atomic mass is 16.3. The lowest BCUT2D eigenvalue weighted by Gasteiger charge is -2.13. The summed E-state index contributed by atoms with van der Waals surface area (Å²) >= 11 is 0. The summed E-state index contributed by atoms with van der Waals surface area (Å²) in [6, 6.07) is 3.73. The van der Waals surface area contributed by atoms with Crippen LogP contribution in [0.3, 0.4) is 0 Å². The molecule has 13 heavy (non-hydrogen) atoms. The molecule has 1 aromatic carbocycles. The highest BCUT2D eigenvalue weighted by Crippen LogP contribution is 2.27. The van der Waals surface area contributed by atoms with Gasteiger partial charge in [0.15, 0.2) is 0 Å². The van der Waals surface area contributed by atoms with E-state index in [4.69, 9.17) is 5.73 Å².